The molecule has 0 unspecified atom stereocenters. The second-order valence-electron chi connectivity index (χ2n) is 5.32. The van der Waals surface area contributed by atoms with E-state index in [1.165, 1.54) is 6.07 Å². The Morgan fingerprint density at radius 3 is 2.75 bits per heavy atom. The van der Waals surface area contributed by atoms with Crippen molar-refractivity contribution in [3.8, 4) is 5.75 Å². The normalized spacial score (nSPS) is 12.6. The number of hydrogen-bond acceptors (Lipinski definition) is 5. The minimum atomic E-state index is -0.914. The number of carbonyl (C=O) groups excluding carboxylic acids is 3. The van der Waals surface area contributed by atoms with E-state index in [2.05, 4.69) is 10.6 Å². The Morgan fingerprint density at radius 1 is 1.21 bits per heavy atom. The Labute approximate surface area is 138 Å². The molecule has 8 heteroatoms. The van der Waals surface area contributed by atoms with Crippen molar-refractivity contribution in [3.05, 3.63) is 23.8 Å². The van der Waals surface area contributed by atoms with E-state index in [0.29, 0.717) is 23.4 Å². The molecule has 0 atom stereocenters. The Morgan fingerprint density at radius 2 is 2.00 bits per heavy atom. The summed E-state index contributed by atoms with van der Waals surface area (Å²) in [5.41, 5.74) is 0.827. The number of ether oxygens (including phenoxy) is 1. The summed E-state index contributed by atoms with van der Waals surface area (Å²) >= 11 is 0. The summed E-state index contributed by atoms with van der Waals surface area (Å²) in [6.07, 6.45) is 0.381. The van der Waals surface area contributed by atoms with Gasteiger partial charge in [0.05, 0.1) is 5.69 Å². The Kier molecular flexibility index (Phi) is 5.89. The van der Waals surface area contributed by atoms with Crippen LogP contribution in [-0.4, -0.2) is 41.8 Å². The fourth-order valence-corrected chi connectivity index (χ4v) is 2.18. The van der Waals surface area contributed by atoms with E-state index >= 15 is 0 Å². The first kappa shape index (κ1) is 17.5. The smallest absolute Gasteiger partial charge is 0.303 e. The lowest BCUT2D eigenvalue weighted by molar-refractivity contribution is -0.137. The molecule has 0 bridgehead atoms. The highest BCUT2D eigenvalue weighted by Crippen LogP contribution is 2.28. The summed E-state index contributed by atoms with van der Waals surface area (Å²) in [4.78, 5) is 45.4. The highest BCUT2D eigenvalue weighted by Gasteiger charge is 2.18. The minimum Gasteiger partial charge on any atom is -0.482 e. The number of nitrogens with one attached hydrogen (secondary N) is 2. The first-order valence-electron chi connectivity index (χ1n) is 7.54. The lowest BCUT2D eigenvalue weighted by Gasteiger charge is -2.18. The predicted octanol–water partition coefficient (Wildman–Crippen LogP) is 0.961. The summed E-state index contributed by atoms with van der Waals surface area (Å²) in [5, 5.41) is 13.7. The molecule has 24 heavy (non-hydrogen) atoms. The molecule has 8 nitrogen and oxygen atoms in total. The second-order valence-corrected chi connectivity index (χ2v) is 5.32. The number of anilines is 1. The van der Waals surface area contributed by atoms with Crippen LogP contribution < -0.4 is 15.4 Å². The van der Waals surface area contributed by atoms with Gasteiger partial charge in [-0.2, -0.15) is 0 Å². The number of ketones is 1. The van der Waals surface area contributed by atoms with Gasteiger partial charge in [-0.05, 0) is 24.6 Å². The number of aliphatic carboxylic acids is 1. The molecule has 0 fully saturated rings. The third-order valence-electron chi connectivity index (χ3n) is 3.40. The maximum absolute atomic E-state index is 12.1. The fourth-order valence-electron chi connectivity index (χ4n) is 2.18. The predicted molar refractivity (Wildman–Crippen MR) is 84.0 cm³/mol. The Hall–Kier alpha value is -2.90. The molecular weight excluding hydrogens is 316 g/mol. The molecule has 1 aromatic carbocycles. The van der Waals surface area contributed by atoms with Crippen LogP contribution in [0.1, 0.15) is 36.0 Å². The molecule has 0 saturated heterocycles. The Bertz CT molecular complexity index is 671. The number of benzene rings is 1. The topological polar surface area (TPSA) is 122 Å². The third-order valence-corrected chi connectivity index (χ3v) is 3.40. The van der Waals surface area contributed by atoms with E-state index in [4.69, 9.17) is 9.84 Å². The van der Waals surface area contributed by atoms with Gasteiger partial charge in [-0.1, -0.05) is 0 Å². The van der Waals surface area contributed by atoms with Crippen LogP contribution in [0.3, 0.4) is 0 Å². The number of hydrogen-bond donors (Lipinski definition) is 3. The molecule has 3 N–H and O–H groups in total. The lowest BCUT2D eigenvalue weighted by atomic mass is 10.0. The van der Waals surface area contributed by atoms with E-state index in [1.807, 2.05) is 0 Å². The first-order valence-corrected chi connectivity index (χ1v) is 7.54. The molecule has 1 aromatic rings. The van der Waals surface area contributed by atoms with Crippen molar-refractivity contribution < 1.29 is 29.0 Å². The molecule has 2 amide bonds. The van der Waals surface area contributed by atoms with Crippen molar-refractivity contribution in [2.24, 2.45) is 0 Å². The van der Waals surface area contributed by atoms with Crippen molar-refractivity contribution in [2.45, 2.75) is 25.7 Å². The van der Waals surface area contributed by atoms with Crippen LogP contribution in [0.15, 0.2) is 18.2 Å². The van der Waals surface area contributed by atoms with Gasteiger partial charge in [0.2, 0.25) is 5.91 Å². The van der Waals surface area contributed by atoms with Crippen LogP contribution >= 0.6 is 0 Å². The highest BCUT2D eigenvalue weighted by atomic mass is 16.5. The molecule has 0 aliphatic carbocycles. The van der Waals surface area contributed by atoms with Gasteiger partial charge in [-0.3, -0.25) is 19.2 Å². The number of fused-ring (bicyclic) bond motifs is 1. The molecule has 0 spiro atoms. The number of carboxylic acid groups (broad SMARTS) is 1. The van der Waals surface area contributed by atoms with E-state index in [0.717, 1.165) is 0 Å². The zero-order chi connectivity index (χ0) is 17.5. The summed E-state index contributed by atoms with van der Waals surface area (Å²) < 4.78 is 5.21. The standard InChI is InChI=1S/C16H18N2O6/c19-12(4-6-14(20)17-7-1-2-16(22)23)10-3-5-13-11(8-10)18-15(21)9-24-13/h3,5,8H,1-2,4,6-7,9H2,(H,17,20)(H,18,21)(H,22,23). The SMILES string of the molecule is O=C(O)CCCNC(=O)CCC(=O)c1ccc2c(c1)NC(=O)CO2. The molecule has 1 heterocycles. The fraction of sp³-hybridized carbons (Fsp3) is 0.375. The van der Waals surface area contributed by atoms with E-state index in [1.54, 1.807) is 12.1 Å². The molecule has 128 valence electrons. The van der Waals surface area contributed by atoms with Crippen molar-refractivity contribution in [2.75, 3.05) is 18.5 Å². The van der Waals surface area contributed by atoms with Gasteiger partial charge in [-0.15, -0.1) is 0 Å². The monoisotopic (exact) mass is 334 g/mol. The van der Waals surface area contributed by atoms with Gasteiger partial charge in [0.25, 0.3) is 5.91 Å². The minimum absolute atomic E-state index is 0.0118. The highest BCUT2D eigenvalue weighted by molar-refractivity contribution is 6.01. The molecule has 0 saturated carbocycles. The van der Waals surface area contributed by atoms with Gasteiger partial charge in [-0.25, -0.2) is 0 Å². The summed E-state index contributed by atoms with van der Waals surface area (Å²) in [6.45, 7) is 0.212. The molecule has 1 aliphatic rings. The van der Waals surface area contributed by atoms with Crippen LogP contribution in [0.4, 0.5) is 5.69 Å². The largest absolute Gasteiger partial charge is 0.482 e. The van der Waals surface area contributed by atoms with Crippen LogP contribution in [0, 0.1) is 0 Å². The van der Waals surface area contributed by atoms with Crippen LogP contribution in [0.2, 0.25) is 0 Å². The molecule has 0 radical (unpaired) electrons. The number of Topliss-reactive ketones (excluding diaryl/α,β-unsaturated/α-hetero) is 1. The summed E-state index contributed by atoms with van der Waals surface area (Å²) in [5.74, 6) is -1.22. The maximum Gasteiger partial charge on any atom is 0.303 e. The quantitative estimate of drug-likeness (QED) is 0.481. The average Bonchev–Trinajstić information content (AvgIpc) is 2.55. The van der Waals surface area contributed by atoms with E-state index in [9.17, 15) is 19.2 Å². The summed E-state index contributed by atoms with van der Waals surface area (Å²) in [6, 6.07) is 4.72. The van der Waals surface area contributed by atoms with Crippen LogP contribution in [0.5, 0.6) is 5.75 Å². The van der Waals surface area contributed by atoms with Crippen molar-refractivity contribution in [1.82, 2.24) is 5.32 Å². The van der Waals surface area contributed by atoms with Gasteiger partial charge in [0, 0.05) is 31.4 Å². The number of amides is 2. The zero-order valence-corrected chi connectivity index (χ0v) is 13.0. The van der Waals surface area contributed by atoms with Crippen LogP contribution in [0.25, 0.3) is 0 Å². The molecule has 1 aliphatic heterocycles. The van der Waals surface area contributed by atoms with Gasteiger partial charge >= 0.3 is 5.97 Å². The van der Waals surface area contributed by atoms with Crippen molar-refractivity contribution in [3.63, 3.8) is 0 Å². The average molecular weight is 334 g/mol. The van der Waals surface area contributed by atoms with Gasteiger partial charge in [0.1, 0.15) is 5.75 Å². The number of rotatable bonds is 8. The molecule has 2 rings (SSSR count). The molecule has 0 aromatic heterocycles. The Balaban J connectivity index is 1.80. The van der Waals surface area contributed by atoms with Crippen LogP contribution in [-0.2, 0) is 14.4 Å². The van der Waals surface area contributed by atoms with Crippen molar-refractivity contribution in [1.29, 1.82) is 0 Å². The van der Waals surface area contributed by atoms with E-state index < -0.39 is 5.97 Å². The van der Waals surface area contributed by atoms with Gasteiger partial charge < -0.3 is 20.5 Å². The van der Waals surface area contributed by atoms with Crippen molar-refractivity contribution >= 4 is 29.3 Å². The zero-order valence-electron chi connectivity index (χ0n) is 13.0. The lowest BCUT2D eigenvalue weighted by Crippen LogP contribution is -2.26. The first-order chi connectivity index (χ1) is 11.5. The molecular formula is C16H18N2O6. The van der Waals surface area contributed by atoms with E-state index in [-0.39, 0.29) is 50.0 Å². The maximum atomic E-state index is 12.1. The second kappa shape index (κ2) is 8.09. The third kappa shape index (κ3) is 5.08. The number of carboxylic acids is 1. The van der Waals surface area contributed by atoms with Gasteiger partial charge in [0.15, 0.2) is 12.4 Å². The summed E-state index contributed by atoms with van der Waals surface area (Å²) in [7, 11) is 0. The number of carbonyl (C=O) groups is 4.